The van der Waals surface area contributed by atoms with Crippen LogP contribution in [-0.2, 0) is 7.05 Å². The molecule has 7 heteroatoms. The normalized spacial score (nSPS) is 10.1. The highest BCUT2D eigenvalue weighted by Gasteiger charge is 2.10. The SMILES string of the molecule is CSc1nc(Nc2cnn(C)c2)c(C#N)s1. The lowest BCUT2D eigenvalue weighted by Gasteiger charge is -1.97. The van der Waals surface area contributed by atoms with E-state index < -0.39 is 0 Å². The first kappa shape index (κ1) is 11.0. The van der Waals surface area contributed by atoms with Gasteiger partial charge in [0.1, 0.15) is 10.9 Å². The molecule has 16 heavy (non-hydrogen) atoms. The van der Waals surface area contributed by atoms with E-state index in [4.69, 9.17) is 5.26 Å². The second-order valence-corrected chi connectivity index (χ2v) is 5.05. The van der Waals surface area contributed by atoms with Gasteiger partial charge in [0.2, 0.25) is 0 Å². The summed E-state index contributed by atoms with van der Waals surface area (Å²) in [4.78, 5) is 4.91. The van der Waals surface area contributed by atoms with Crippen molar-refractivity contribution < 1.29 is 0 Å². The minimum atomic E-state index is 0.591. The molecule has 0 aliphatic carbocycles. The van der Waals surface area contributed by atoms with Gasteiger partial charge in [-0.05, 0) is 6.26 Å². The Morgan fingerprint density at radius 3 is 3.00 bits per heavy atom. The van der Waals surface area contributed by atoms with Crippen molar-refractivity contribution in [1.29, 1.82) is 5.26 Å². The molecule has 0 unspecified atom stereocenters. The van der Waals surface area contributed by atoms with Crippen molar-refractivity contribution >= 4 is 34.6 Å². The number of rotatable bonds is 3. The van der Waals surface area contributed by atoms with Gasteiger partial charge in [0.05, 0.1) is 11.9 Å². The number of thiazole rings is 1. The molecule has 0 saturated carbocycles. The molecule has 0 bridgehead atoms. The monoisotopic (exact) mass is 251 g/mol. The molecule has 1 N–H and O–H groups in total. The summed E-state index contributed by atoms with van der Waals surface area (Å²) in [7, 11) is 1.84. The van der Waals surface area contributed by atoms with E-state index in [-0.39, 0.29) is 0 Å². The Bertz CT molecular complexity index is 536. The molecule has 2 aromatic rings. The molecule has 0 saturated heterocycles. The van der Waals surface area contributed by atoms with Crippen molar-refractivity contribution in [3.05, 3.63) is 17.3 Å². The van der Waals surface area contributed by atoms with Crippen molar-refractivity contribution in [3.63, 3.8) is 0 Å². The third-order valence-electron chi connectivity index (χ3n) is 1.85. The van der Waals surface area contributed by atoms with Gasteiger partial charge in [-0.3, -0.25) is 4.68 Å². The first-order chi connectivity index (χ1) is 7.72. The fourth-order valence-electron chi connectivity index (χ4n) is 1.17. The zero-order valence-electron chi connectivity index (χ0n) is 8.76. The van der Waals surface area contributed by atoms with Crippen LogP contribution in [0.15, 0.2) is 16.7 Å². The van der Waals surface area contributed by atoms with Crippen LogP contribution < -0.4 is 5.32 Å². The molecule has 0 aliphatic rings. The Kier molecular flexibility index (Phi) is 3.12. The zero-order valence-corrected chi connectivity index (χ0v) is 10.4. The summed E-state index contributed by atoms with van der Waals surface area (Å²) >= 11 is 2.92. The number of nitriles is 1. The van der Waals surface area contributed by atoms with Gasteiger partial charge in [0.25, 0.3) is 0 Å². The number of anilines is 2. The van der Waals surface area contributed by atoms with Gasteiger partial charge in [0.15, 0.2) is 10.2 Å². The Balaban J connectivity index is 2.27. The van der Waals surface area contributed by atoms with Crippen LogP contribution in [0, 0.1) is 11.3 Å². The van der Waals surface area contributed by atoms with E-state index >= 15 is 0 Å². The van der Waals surface area contributed by atoms with Crippen LogP contribution in [-0.4, -0.2) is 21.0 Å². The molecule has 2 rings (SSSR count). The average molecular weight is 251 g/mol. The van der Waals surface area contributed by atoms with Crippen LogP contribution in [0.25, 0.3) is 0 Å². The quantitative estimate of drug-likeness (QED) is 0.847. The van der Waals surface area contributed by atoms with Gasteiger partial charge in [-0.15, -0.1) is 0 Å². The van der Waals surface area contributed by atoms with E-state index in [1.807, 2.05) is 19.5 Å². The molecule has 0 aromatic carbocycles. The van der Waals surface area contributed by atoms with Crippen LogP contribution in [0.3, 0.4) is 0 Å². The first-order valence-corrected chi connectivity index (χ1v) is 6.47. The molecule has 0 radical (unpaired) electrons. The van der Waals surface area contributed by atoms with Gasteiger partial charge in [-0.1, -0.05) is 23.1 Å². The highest BCUT2D eigenvalue weighted by molar-refractivity contribution is 8.00. The third kappa shape index (κ3) is 2.18. The molecule has 82 valence electrons. The maximum Gasteiger partial charge on any atom is 0.161 e. The van der Waals surface area contributed by atoms with E-state index in [1.165, 1.54) is 23.1 Å². The predicted molar refractivity (Wildman–Crippen MR) is 65.1 cm³/mol. The Morgan fingerprint density at radius 1 is 1.62 bits per heavy atom. The number of hydrogen-bond donors (Lipinski definition) is 1. The summed E-state index contributed by atoms with van der Waals surface area (Å²) in [5.41, 5.74) is 0.831. The highest BCUT2D eigenvalue weighted by atomic mass is 32.2. The van der Waals surface area contributed by atoms with Crippen molar-refractivity contribution in [1.82, 2.24) is 14.8 Å². The fraction of sp³-hybridized carbons (Fsp3) is 0.222. The minimum absolute atomic E-state index is 0.591. The van der Waals surface area contributed by atoms with Crippen molar-refractivity contribution in [2.75, 3.05) is 11.6 Å². The van der Waals surface area contributed by atoms with E-state index in [0.29, 0.717) is 10.7 Å². The van der Waals surface area contributed by atoms with Crippen molar-refractivity contribution in [2.24, 2.45) is 7.05 Å². The lowest BCUT2D eigenvalue weighted by atomic mass is 10.5. The number of nitrogens with zero attached hydrogens (tertiary/aromatic N) is 4. The number of hydrogen-bond acceptors (Lipinski definition) is 6. The first-order valence-electron chi connectivity index (χ1n) is 4.43. The second kappa shape index (κ2) is 4.55. The summed E-state index contributed by atoms with van der Waals surface area (Å²) in [5, 5.41) is 16.1. The molecule has 2 aromatic heterocycles. The summed E-state index contributed by atoms with van der Waals surface area (Å²) < 4.78 is 2.57. The van der Waals surface area contributed by atoms with Crippen LogP contribution in [0.1, 0.15) is 4.88 Å². The number of aromatic nitrogens is 3. The number of nitrogens with one attached hydrogen (secondary N) is 1. The van der Waals surface area contributed by atoms with Gasteiger partial charge in [0, 0.05) is 13.2 Å². The summed E-state index contributed by atoms with van der Waals surface area (Å²) in [6.07, 6.45) is 5.46. The molecular weight excluding hydrogens is 242 g/mol. The molecule has 0 aliphatic heterocycles. The molecule has 0 spiro atoms. The summed E-state index contributed by atoms with van der Waals surface area (Å²) in [6.45, 7) is 0. The van der Waals surface area contributed by atoms with E-state index in [1.54, 1.807) is 10.9 Å². The largest absolute Gasteiger partial charge is 0.336 e. The zero-order chi connectivity index (χ0) is 11.5. The maximum absolute atomic E-state index is 8.96. The minimum Gasteiger partial charge on any atom is -0.336 e. The summed E-state index contributed by atoms with van der Waals surface area (Å²) in [5.74, 6) is 0.602. The van der Waals surface area contributed by atoms with Crippen LogP contribution >= 0.6 is 23.1 Å². The van der Waals surface area contributed by atoms with E-state index in [0.717, 1.165) is 10.0 Å². The second-order valence-electron chi connectivity index (χ2n) is 3.00. The lowest BCUT2D eigenvalue weighted by Crippen LogP contribution is -1.91. The molecular formula is C9H9N5S2. The van der Waals surface area contributed by atoms with Gasteiger partial charge >= 0.3 is 0 Å². The Morgan fingerprint density at radius 2 is 2.44 bits per heavy atom. The topological polar surface area (TPSA) is 66.5 Å². The van der Waals surface area contributed by atoms with Crippen molar-refractivity contribution in [2.45, 2.75) is 4.34 Å². The average Bonchev–Trinajstić information content (AvgIpc) is 2.85. The summed E-state index contributed by atoms with van der Waals surface area (Å²) in [6, 6.07) is 2.13. The predicted octanol–water partition coefficient (Wildman–Crippen LogP) is 2.21. The van der Waals surface area contributed by atoms with Gasteiger partial charge < -0.3 is 5.32 Å². The third-order valence-corrected chi connectivity index (χ3v) is 3.80. The smallest absolute Gasteiger partial charge is 0.161 e. The fourth-order valence-corrected chi connectivity index (χ4v) is 2.49. The van der Waals surface area contributed by atoms with Crippen LogP contribution in [0.5, 0.6) is 0 Å². The molecule has 0 atom stereocenters. The molecule has 0 amide bonds. The van der Waals surface area contributed by atoms with E-state index in [9.17, 15) is 0 Å². The maximum atomic E-state index is 8.96. The number of thioether (sulfide) groups is 1. The standard InChI is InChI=1S/C9H9N5S2/c1-14-5-6(4-11-14)12-8-7(3-10)16-9(13-8)15-2/h4-5,12H,1-2H3. The molecule has 0 fully saturated rings. The lowest BCUT2D eigenvalue weighted by molar-refractivity contribution is 0.768. The van der Waals surface area contributed by atoms with Crippen LogP contribution in [0.4, 0.5) is 11.5 Å². The van der Waals surface area contributed by atoms with Crippen LogP contribution in [0.2, 0.25) is 0 Å². The Labute approximate surface area is 101 Å². The van der Waals surface area contributed by atoms with E-state index in [2.05, 4.69) is 21.5 Å². The number of aryl methyl sites for hydroxylation is 1. The van der Waals surface area contributed by atoms with Crippen molar-refractivity contribution in [3.8, 4) is 6.07 Å². The highest BCUT2D eigenvalue weighted by Crippen LogP contribution is 2.30. The molecule has 5 nitrogen and oxygen atoms in total. The van der Waals surface area contributed by atoms with Gasteiger partial charge in [-0.25, -0.2) is 4.98 Å². The molecule has 2 heterocycles. The Hall–Kier alpha value is -1.52. The van der Waals surface area contributed by atoms with Gasteiger partial charge in [-0.2, -0.15) is 10.4 Å².